The van der Waals surface area contributed by atoms with Crippen molar-refractivity contribution in [1.29, 1.82) is 0 Å². The molecule has 0 unspecified atom stereocenters. The van der Waals surface area contributed by atoms with E-state index < -0.39 is 0 Å². The van der Waals surface area contributed by atoms with E-state index in [0.29, 0.717) is 23.7 Å². The molecule has 0 fully saturated rings. The highest BCUT2D eigenvalue weighted by atomic mass is 16.5. The summed E-state index contributed by atoms with van der Waals surface area (Å²) >= 11 is 0. The number of carbonyl (C=O) groups is 1. The van der Waals surface area contributed by atoms with Crippen LogP contribution in [0.2, 0.25) is 0 Å². The van der Waals surface area contributed by atoms with Gasteiger partial charge in [0.25, 0.3) is 5.91 Å². The predicted octanol–water partition coefficient (Wildman–Crippen LogP) is 4.05. The minimum absolute atomic E-state index is 0.302. The maximum Gasteiger partial charge on any atom is 0.271 e. The summed E-state index contributed by atoms with van der Waals surface area (Å²) in [5, 5.41) is 4.00. The first kappa shape index (κ1) is 20.1. The second-order valence-electron chi connectivity index (χ2n) is 6.56. The summed E-state index contributed by atoms with van der Waals surface area (Å²) in [6, 6.07) is 15.0. The maximum absolute atomic E-state index is 12.0. The number of nitrogens with zero attached hydrogens (tertiary/aromatic N) is 2. The van der Waals surface area contributed by atoms with Crippen LogP contribution in [0.15, 0.2) is 66.0 Å². The molecule has 1 aromatic heterocycles. The third-order valence-electron chi connectivity index (χ3n) is 4.40. The van der Waals surface area contributed by atoms with E-state index in [1.807, 2.05) is 12.1 Å². The summed E-state index contributed by atoms with van der Waals surface area (Å²) in [5.74, 6) is 0.940. The first-order valence-electron chi connectivity index (χ1n) is 9.17. The molecule has 6 nitrogen and oxygen atoms in total. The SMILES string of the molecule is COc1cc(/C=N\NC(=O)c2ccncc2)ccc1OCc1cc(C)ccc1C. The van der Waals surface area contributed by atoms with Gasteiger partial charge in [0.2, 0.25) is 0 Å². The number of methoxy groups -OCH3 is 1. The van der Waals surface area contributed by atoms with Crippen LogP contribution in [0.4, 0.5) is 0 Å². The minimum atomic E-state index is -0.302. The Morgan fingerprint density at radius 3 is 2.62 bits per heavy atom. The molecule has 0 saturated heterocycles. The Labute approximate surface area is 170 Å². The third kappa shape index (κ3) is 5.42. The van der Waals surface area contributed by atoms with Gasteiger partial charge in [-0.05, 0) is 60.9 Å². The molecule has 0 spiro atoms. The Hall–Kier alpha value is -3.67. The van der Waals surface area contributed by atoms with Gasteiger partial charge in [0.15, 0.2) is 11.5 Å². The monoisotopic (exact) mass is 389 g/mol. The van der Waals surface area contributed by atoms with Crippen molar-refractivity contribution in [1.82, 2.24) is 10.4 Å². The molecule has 1 heterocycles. The lowest BCUT2D eigenvalue weighted by atomic mass is 10.1. The van der Waals surface area contributed by atoms with Crippen molar-refractivity contribution in [3.63, 3.8) is 0 Å². The quantitative estimate of drug-likeness (QED) is 0.489. The molecule has 0 saturated carbocycles. The second-order valence-corrected chi connectivity index (χ2v) is 6.56. The third-order valence-corrected chi connectivity index (χ3v) is 4.40. The zero-order valence-corrected chi connectivity index (χ0v) is 16.7. The van der Waals surface area contributed by atoms with Crippen molar-refractivity contribution in [2.24, 2.45) is 5.10 Å². The lowest BCUT2D eigenvalue weighted by molar-refractivity contribution is 0.0955. The number of hydrazone groups is 1. The highest BCUT2D eigenvalue weighted by molar-refractivity contribution is 5.94. The molecular weight excluding hydrogens is 366 g/mol. The van der Waals surface area contributed by atoms with E-state index in [1.165, 1.54) is 11.1 Å². The molecule has 0 aliphatic carbocycles. The molecule has 1 N–H and O–H groups in total. The Balaban J connectivity index is 1.65. The number of ether oxygens (including phenoxy) is 2. The fraction of sp³-hybridized carbons (Fsp3) is 0.174. The lowest BCUT2D eigenvalue weighted by Crippen LogP contribution is -2.17. The number of aryl methyl sites for hydroxylation is 2. The predicted molar refractivity (Wildman–Crippen MR) is 113 cm³/mol. The lowest BCUT2D eigenvalue weighted by Gasteiger charge is -2.13. The number of hydrogen-bond acceptors (Lipinski definition) is 5. The molecule has 0 atom stereocenters. The van der Waals surface area contributed by atoms with Gasteiger partial charge in [-0.3, -0.25) is 9.78 Å². The van der Waals surface area contributed by atoms with Crippen molar-refractivity contribution in [2.45, 2.75) is 20.5 Å². The summed E-state index contributed by atoms with van der Waals surface area (Å²) in [6.45, 7) is 4.58. The fourth-order valence-corrected chi connectivity index (χ4v) is 2.73. The molecule has 0 bridgehead atoms. The van der Waals surface area contributed by atoms with E-state index in [9.17, 15) is 4.79 Å². The molecule has 2 aromatic carbocycles. The molecule has 148 valence electrons. The zero-order chi connectivity index (χ0) is 20.6. The summed E-state index contributed by atoms with van der Waals surface area (Å²) in [5.41, 5.74) is 7.27. The van der Waals surface area contributed by atoms with Gasteiger partial charge in [-0.25, -0.2) is 5.43 Å². The van der Waals surface area contributed by atoms with E-state index in [2.05, 4.69) is 47.6 Å². The van der Waals surface area contributed by atoms with E-state index in [1.54, 1.807) is 43.9 Å². The standard InChI is InChI=1S/C23H23N3O3/c1-16-4-5-17(2)20(12-16)15-29-21-7-6-18(13-22(21)28-3)14-25-26-23(27)19-8-10-24-11-9-19/h4-14H,15H2,1-3H3,(H,26,27)/b25-14-. The zero-order valence-electron chi connectivity index (χ0n) is 16.7. The topological polar surface area (TPSA) is 72.8 Å². The molecule has 6 heteroatoms. The van der Waals surface area contributed by atoms with Gasteiger partial charge < -0.3 is 9.47 Å². The van der Waals surface area contributed by atoms with Gasteiger partial charge in [0.05, 0.1) is 13.3 Å². The number of carbonyl (C=O) groups excluding carboxylic acids is 1. The van der Waals surface area contributed by atoms with Crippen LogP contribution in [0.5, 0.6) is 11.5 Å². The van der Waals surface area contributed by atoms with Crippen LogP contribution in [-0.4, -0.2) is 24.2 Å². The van der Waals surface area contributed by atoms with Crippen LogP contribution in [-0.2, 0) is 6.61 Å². The van der Waals surface area contributed by atoms with Crippen LogP contribution in [0, 0.1) is 13.8 Å². The number of hydrogen-bond donors (Lipinski definition) is 1. The van der Waals surface area contributed by atoms with Gasteiger partial charge in [-0.15, -0.1) is 0 Å². The van der Waals surface area contributed by atoms with E-state index in [4.69, 9.17) is 9.47 Å². The average molecular weight is 389 g/mol. The highest BCUT2D eigenvalue weighted by Crippen LogP contribution is 2.28. The van der Waals surface area contributed by atoms with Crippen molar-refractivity contribution < 1.29 is 14.3 Å². The van der Waals surface area contributed by atoms with Crippen LogP contribution >= 0.6 is 0 Å². The largest absolute Gasteiger partial charge is 0.493 e. The van der Waals surface area contributed by atoms with Crippen molar-refractivity contribution in [3.05, 3.63) is 88.7 Å². The smallest absolute Gasteiger partial charge is 0.271 e. The van der Waals surface area contributed by atoms with Gasteiger partial charge in [-0.1, -0.05) is 23.8 Å². The number of benzene rings is 2. The minimum Gasteiger partial charge on any atom is -0.493 e. The van der Waals surface area contributed by atoms with Gasteiger partial charge in [0.1, 0.15) is 6.61 Å². The first-order valence-corrected chi connectivity index (χ1v) is 9.17. The normalized spacial score (nSPS) is 10.7. The Morgan fingerprint density at radius 2 is 1.86 bits per heavy atom. The Morgan fingerprint density at radius 1 is 1.07 bits per heavy atom. The molecule has 29 heavy (non-hydrogen) atoms. The molecular formula is C23H23N3O3. The van der Waals surface area contributed by atoms with Crippen molar-refractivity contribution in [3.8, 4) is 11.5 Å². The number of aromatic nitrogens is 1. The molecule has 1 amide bonds. The van der Waals surface area contributed by atoms with Gasteiger partial charge in [-0.2, -0.15) is 5.10 Å². The van der Waals surface area contributed by atoms with E-state index in [-0.39, 0.29) is 5.91 Å². The van der Waals surface area contributed by atoms with E-state index >= 15 is 0 Å². The van der Waals surface area contributed by atoms with Crippen LogP contribution in [0.3, 0.4) is 0 Å². The summed E-state index contributed by atoms with van der Waals surface area (Å²) in [7, 11) is 1.59. The summed E-state index contributed by atoms with van der Waals surface area (Å²) in [6.07, 6.45) is 4.66. The first-order chi connectivity index (χ1) is 14.1. The number of nitrogens with one attached hydrogen (secondary N) is 1. The molecule has 0 radical (unpaired) electrons. The maximum atomic E-state index is 12.0. The molecule has 0 aliphatic rings. The van der Waals surface area contributed by atoms with E-state index in [0.717, 1.165) is 11.1 Å². The Kier molecular flexibility index (Phi) is 6.58. The fourth-order valence-electron chi connectivity index (χ4n) is 2.73. The van der Waals surface area contributed by atoms with Gasteiger partial charge in [0, 0.05) is 18.0 Å². The molecule has 3 rings (SSSR count). The van der Waals surface area contributed by atoms with Crippen molar-refractivity contribution >= 4 is 12.1 Å². The molecule has 3 aromatic rings. The Bertz CT molecular complexity index is 1020. The van der Waals surface area contributed by atoms with Gasteiger partial charge >= 0.3 is 0 Å². The second kappa shape index (κ2) is 9.50. The number of rotatable bonds is 7. The summed E-state index contributed by atoms with van der Waals surface area (Å²) in [4.78, 5) is 15.9. The van der Waals surface area contributed by atoms with Crippen molar-refractivity contribution in [2.75, 3.05) is 7.11 Å². The van der Waals surface area contributed by atoms with Crippen LogP contribution in [0.1, 0.15) is 32.6 Å². The molecule has 0 aliphatic heterocycles. The average Bonchev–Trinajstić information content (AvgIpc) is 2.75. The summed E-state index contributed by atoms with van der Waals surface area (Å²) < 4.78 is 11.4. The van der Waals surface area contributed by atoms with Crippen LogP contribution in [0.25, 0.3) is 0 Å². The number of pyridine rings is 1. The number of amides is 1. The highest BCUT2D eigenvalue weighted by Gasteiger charge is 2.07. The van der Waals surface area contributed by atoms with Crippen LogP contribution < -0.4 is 14.9 Å².